The standard InChI is InChI=1S/C14H18N4/c1-11-13(14(15)18-10-17-11)8-5-9-16-12-6-3-2-4-7-12/h2-4,6-7,10,16H,5,8-9H2,1H3,(H2,15,17,18). The van der Waals surface area contributed by atoms with Gasteiger partial charge in [-0.1, -0.05) is 18.2 Å². The van der Waals surface area contributed by atoms with E-state index in [2.05, 4.69) is 27.4 Å². The van der Waals surface area contributed by atoms with Crippen molar-refractivity contribution in [3.05, 3.63) is 47.9 Å². The Morgan fingerprint density at radius 3 is 2.67 bits per heavy atom. The second-order valence-electron chi connectivity index (χ2n) is 4.22. The van der Waals surface area contributed by atoms with Crippen molar-refractivity contribution in [2.24, 2.45) is 0 Å². The molecule has 0 aliphatic heterocycles. The van der Waals surface area contributed by atoms with Gasteiger partial charge >= 0.3 is 0 Å². The van der Waals surface area contributed by atoms with Gasteiger partial charge in [-0.15, -0.1) is 0 Å². The van der Waals surface area contributed by atoms with E-state index in [9.17, 15) is 0 Å². The molecule has 94 valence electrons. The monoisotopic (exact) mass is 242 g/mol. The highest BCUT2D eigenvalue weighted by Gasteiger charge is 2.04. The summed E-state index contributed by atoms with van der Waals surface area (Å²) in [6, 6.07) is 10.2. The molecule has 18 heavy (non-hydrogen) atoms. The average molecular weight is 242 g/mol. The lowest BCUT2D eigenvalue weighted by molar-refractivity contribution is 0.843. The van der Waals surface area contributed by atoms with Crippen LogP contribution in [0.4, 0.5) is 11.5 Å². The molecular formula is C14H18N4. The molecule has 0 unspecified atom stereocenters. The van der Waals surface area contributed by atoms with Crippen LogP contribution in [-0.4, -0.2) is 16.5 Å². The normalized spacial score (nSPS) is 10.3. The van der Waals surface area contributed by atoms with Gasteiger partial charge in [-0.3, -0.25) is 0 Å². The van der Waals surface area contributed by atoms with E-state index in [-0.39, 0.29) is 0 Å². The minimum absolute atomic E-state index is 0.599. The first-order chi connectivity index (χ1) is 8.77. The highest BCUT2D eigenvalue weighted by Crippen LogP contribution is 2.13. The number of anilines is 2. The van der Waals surface area contributed by atoms with Crippen LogP contribution in [-0.2, 0) is 6.42 Å². The number of benzene rings is 1. The number of para-hydroxylation sites is 1. The van der Waals surface area contributed by atoms with Crippen molar-refractivity contribution in [1.29, 1.82) is 0 Å². The molecule has 0 saturated carbocycles. The van der Waals surface area contributed by atoms with Crippen LogP contribution >= 0.6 is 0 Å². The lowest BCUT2D eigenvalue weighted by Gasteiger charge is -2.08. The largest absolute Gasteiger partial charge is 0.385 e. The van der Waals surface area contributed by atoms with Crippen molar-refractivity contribution in [2.45, 2.75) is 19.8 Å². The lowest BCUT2D eigenvalue weighted by atomic mass is 10.1. The molecule has 0 bridgehead atoms. The van der Waals surface area contributed by atoms with Gasteiger partial charge in [0, 0.05) is 23.5 Å². The zero-order valence-electron chi connectivity index (χ0n) is 10.6. The fourth-order valence-corrected chi connectivity index (χ4v) is 1.88. The zero-order chi connectivity index (χ0) is 12.8. The maximum atomic E-state index is 5.84. The van der Waals surface area contributed by atoms with E-state index < -0.39 is 0 Å². The summed E-state index contributed by atoms with van der Waals surface area (Å²) in [5.41, 5.74) is 9.02. The van der Waals surface area contributed by atoms with E-state index in [4.69, 9.17) is 5.73 Å². The van der Waals surface area contributed by atoms with Gasteiger partial charge in [-0.25, -0.2) is 9.97 Å². The zero-order valence-corrected chi connectivity index (χ0v) is 10.6. The Balaban J connectivity index is 1.82. The van der Waals surface area contributed by atoms with Crippen LogP contribution in [0.2, 0.25) is 0 Å². The third-order valence-electron chi connectivity index (χ3n) is 2.90. The van der Waals surface area contributed by atoms with E-state index >= 15 is 0 Å². The van der Waals surface area contributed by atoms with Crippen LogP contribution in [0.5, 0.6) is 0 Å². The van der Waals surface area contributed by atoms with Crippen molar-refractivity contribution in [2.75, 3.05) is 17.6 Å². The van der Waals surface area contributed by atoms with Crippen molar-refractivity contribution in [1.82, 2.24) is 9.97 Å². The molecule has 0 saturated heterocycles. The number of nitrogens with two attached hydrogens (primary N) is 1. The van der Waals surface area contributed by atoms with Crippen LogP contribution < -0.4 is 11.1 Å². The van der Waals surface area contributed by atoms with Gasteiger partial charge in [-0.05, 0) is 31.9 Å². The fourth-order valence-electron chi connectivity index (χ4n) is 1.88. The first-order valence-electron chi connectivity index (χ1n) is 6.12. The summed E-state index contributed by atoms with van der Waals surface area (Å²) in [5.74, 6) is 0.599. The average Bonchev–Trinajstić information content (AvgIpc) is 2.38. The topological polar surface area (TPSA) is 63.8 Å². The maximum Gasteiger partial charge on any atom is 0.130 e. The molecule has 3 N–H and O–H groups in total. The number of nitrogens with zero attached hydrogens (tertiary/aromatic N) is 2. The second kappa shape index (κ2) is 6.00. The van der Waals surface area contributed by atoms with Crippen LogP contribution in [0.15, 0.2) is 36.7 Å². The van der Waals surface area contributed by atoms with Crippen molar-refractivity contribution >= 4 is 11.5 Å². The molecule has 1 heterocycles. The smallest absolute Gasteiger partial charge is 0.130 e. The first kappa shape index (κ1) is 12.4. The van der Waals surface area contributed by atoms with Crippen molar-refractivity contribution in [3.8, 4) is 0 Å². The Kier molecular flexibility index (Phi) is 4.12. The lowest BCUT2D eigenvalue weighted by Crippen LogP contribution is -2.07. The molecule has 0 amide bonds. The van der Waals surface area contributed by atoms with Crippen LogP contribution in [0.3, 0.4) is 0 Å². The molecule has 4 nitrogen and oxygen atoms in total. The molecule has 0 atom stereocenters. The summed E-state index contributed by atoms with van der Waals surface area (Å²) in [6.07, 6.45) is 3.42. The second-order valence-corrected chi connectivity index (χ2v) is 4.22. The predicted octanol–water partition coefficient (Wildman–Crippen LogP) is 2.41. The van der Waals surface area contributed by atoms with Gasteiger partial charge in [-0.2, -0.15) is 0 Å². The van der Waals surface area contributed by atoms with Gasteiger partial charge in [0.25, 0.3) is 0 Å². The van der Waals surface area contributed by atoms with Crippen LogP contribution in [0.25, 0.3) is 0 Å². The number of nitrogen functional groups attached to an aromatic ring is 1. The Hall–Kier alpha value is -2.10. The van der Waals surface area contributed by atoms with E-state index in [0.29, 0.717) is 5.82 Å². The third kappa shape index (κ3) is 3.20. The number of aryl methyl sites for hydroxylation is 1. The highest BCUT2D eigenvalue weighted by molar-refractivity contribution is 5.43. The molecule has 0 aliphatic rings. The third-order valence-corrected chi connectivity index (χ3v) is 2.90. The summed E-state index contributed by atoms with van der Waals surface area (Å²) in [6.45, 7) is 2.88. The minimum Gasteiger partial charge on any atom is -0.385 e. The van der Waals surface area contributed by atoms with E-state index in [1.807, 2.05) is 25.1 Å². The Bertz CT molecular complexity index is 476. The van der Waals surface area contributed by atoms with Gasteiger partial charge in [0.05, 0.1) is 0 Å². The van der Waals surface area contributed by atoms with Crippen molar-refractivity contribution in [3.63, 3.8) is 0 Å². The van der Waals surface area contributed by atoms with E-state index in [1.54, 1.807) is 0 Å². The molecule has 0 spiro atoms. The number of rotatable bonds is 5. The molecular weight excluding hydrogens is 224 g/mol. The SMILES string of the molecule is Cc1ncnc(N)c1CCCNc1ccccc1. The highest BCUT2D eigenvalue weighted by atomic mass is 14.9. The maximum absolute atomic E-state index is 5.84. The number of aromatic nitrogens is 2. The molecule has 0 radical (unpaired) electrons. The predicted molar refractivity (Wildman–Crippen MR) is 74.4 cm³/mol. The quantitative estimate of drug-likeness (QED) is 0.790. The van der Waals surface area contributed by atoms with Gasteiger partial charge in [0.2, 0.25) is 0 Å². The van der Waals surface area contributed by atoms with Gasteiger partial charge in [0.15, 0.2) is 0 Å². The summed E-state index contributed by atoms with van der Waals surface area (Å²) < 4.78 is 0. The molecule has 0 fully saturated rings. The summed E-state index contributed by atoms with van der Waals surface area (Å²) in [4.78, 5) is 8.19. The Morgan fingerprint density at radius 1 is 1.17 bits per heavy atom. The molecule has 2 rings (SSSR count). The van der Waals surface area contributed by atoms with E-state index in [1.165, 1.54) is 6.33 Å². The summed E-state index contributed by atoms with van der Waals surface area (Å²) in [7, 11) is 0. The Labute approximate surface area is 107 Å². The number of hydrogen-bond donors (Lipinski definition) is 2. The number of hydrogen-bond acceptors (Lipinski definition) is 4. The summed E-state index contributed by atoms with van der Waals surface area (Å²) in [5, 5.41) is 3.37. The fraction of sp³-hybridized carbons (Fsp3) is 0.286. The first-order valence-corrected chi connectivity index (χ1v) is 6.12. The molecule has 0 aliphatic carbocycles. The van der Waals surface area contributed by atoms with Crippen LogP contribution in [0.1, 0.15) is 17.7 Å². The Morgan fingerprint density at radius 2 is 1.94 bits per heavy atom. The van der Waals surface area contributed by atoms with Gasteiger partial charge in [0.1, 0.15) is 12.1 Å². The molecule has 2 aromatic rings. The van der Waals surface area contributed by atoms with Gasteiger partial charge < -0.3 is 11.1 Å². The molecule has 4 heteroatoms. The number of nitrogens with one attached hydrogen (secondary N) is 1. The van der Waals surface area contributed by atoms with Crippen molar-refractivity contribution < 1.29 is 0 Å². The molecule has 1 aromatic heterocycles. The van der Waals surface area contributed by atoms with Crippen LogP contribution in [0, 0.1) is 6.92 Å². The minimum atomic E-state index is 0.599. The van der Waals surface area contributed by atoms with E-state index in [0.717, 1.165) is 36.3 Å². The molecule has 1 aromatic carbocycles. The summed E-state index contributed by atoms with van der Waals surface area (Å²) >= 11 is 0.